The number of rotatable bonds is 3. The minimum absolute atomic E-state index is 0.00839. The maximum atomic E-state index is 12.8. The molecule has 0 aliphatic carbocycles. The van der Waals surface area contributed by atoms with Crippen LogP contribution in [0.2, 0.25) is 0 Å². The Balaban J connectivity index is 2.00. The van der Waals surface area contributed by atoms with Crippen LogP contribution < -0.4 is 11.2 Å². The molecule has 0 radical (unpaired) electrons. The molecule has 3 aromatic heterocycles. The van der Waals surface area contributed by atoms with Crippen LogP contribution in [-0.2, 0) is 0 Å². The molecule has 5 aromatic rings. The summed E-state index contributed by atoms with van der Waals surface area (Å²) < 4.78 is 1.57. The highest BCUT2D eigenvalue weighted by Gasteiger charge is 2.24. The zero-order valence-corrected chi connectivity index (χ0v) is 16.5. The van der Waals surface area contributed by atoms with Crippen LogP contribution in [0.1, 0.15) is 5.69 Å². The number of aryl methyl sites for hydroxylation is 1. The summed E-state index contributed by atoms with van der Waals surface area (Å²) in [5, 5.41) is 26.4. The molecule has 11 heteroatoms. The Labute approximate surface area is 177 Å². The monoisotopic (exact) mass is 430 g/mol. The number of hydrogen-bond donors (Lipinski definition) is 3. The number of benzene rings is 2. The summed E-state index contributed by atoms with van der Waals surface area (Å²) in [7, 11) is 0. The van der Waals surface area contributed by atoms with Crippen molar-refractivity contribution in [3.05, 3.63) is 85.2 Å². The highest BCUT2D eigenvalue weighted by Crippen LogP contribution is 2.38. The number of aromatic hydroxyl groups is 1. The van der Waals surface area contributed by atoms with Crippen molar-refractivity contribution < 1.29 is 10.0 Å². The molecule has 32 heavy (non-hydrogen) atoms. The van der Waals surface area contributed by atoms with Crippen molar-refractivity contribution in [2.45, 2.75) is 6.92 Å². The van der Waals surface area contributed by atoms with Crippen LogP contribution in [0.15, 0.2) is 58.1 Å². The van der Waals surface area contributed by atoms with Crippen molar-refractivity contribution in [1.82, 2.24) is 24.7 Å². The second-order valence-electron chi connectivity index (χ2n) is 7.11. The summed E-state index contributed by atoms with van der Waals surface area (Å²) in [4.78, 5) is 44.6. The van der Waals surface area contributed by atoms with Crippen molar-refractivity contribution in [3.63, 3.8) is 0 Å². The lowest BCUT2D eigenvalue weighted by atomic mass is 9.98. The van der Waals surface area contributed by atoms with E-state index in [0.29, 0.717) is 33.5 Å². The summed E-state index contributed by atoms with van der Waals surface area (Å²) >= 11 is 0. The largest absolute Gasteiger partial charge is 0.502 e. The van der Waals surface area contributed by atoms with Gasteiger partial charge in [-0.2, -0.15) is 5.10 Å². The van der Waals surface area contributed by atoms with E-state index in [4.69, 9.17) is 0 Å². The molecular formula is C21H14N6O5. The number of H-pyrrole nitrogens is 2. The quantitative estimate of drug-likeness (QED) is 0.293. The van der Waals surface area contributed by atoms with Gasteiger partial charge in [0.25, 0.3) is 5.56 Å². The van der Waals surface area contributed by atoms with Gasteiger partial charge in [0.2, 0.25) is 0 Å². The third-order valence-electron chi connectivity index (χ3n) is 5.14. The Morgan fingerprint density at radius 3 is 2.53 bits per heavy atom. The van der Waals surface area contributed by atoms with Gasteiger partial charge in [0.15, 0.2) is 11.4 Å². The second kappa shape index (κ2) is 6.87. The lowest BCUT2D eigenvalue weighted by Crippen LogP contribution is -2.23. The number of nitro groups is 1. The predicted octanol–water partition coefficient (Wildman–Crippen LogP) is 2.54. The van der Waals surface area contributed by atoms with Crippen molar-refractivity contribution in [2.24, 2.45) is 0 Å². The first-order valence-corrected chi connectivity index (χ1v) is 9.44. The van der Waals surface area contributed by atoms with Gasteiger partial charge in [-0.25, -0.2) is 14.5 Å². The van der Waals surface area contributed by atoms with E-state index in [1.165, 1.54) is 18.2 Å². The van der Waals surface area contributed by atoms with Crippen LogP contribution >= 0.6 is 0 Å². The number of nitro benzene ring substituents is 1. The third kappa shape index (κ3) is 2.83. The minimum atomic E-state index is -0.737. The fraction of sp³-hybridized carbons (Fsp3) is 0.0476. The SMILES string of the molecule is Cc1nn(-c2ccccc2)c2nc3[nH]c(=O)[nH]c(=O)c3c(-c3ccc(O)c([N+](=O)[O-])c3)c12. The van der Waals surface area contributed by atoms with Gasteiger partial charge in [0.1, 0.15) is 5.65 Å². The average Bonchev–Trinajstić information content (AvgIpc) is 3.09. The van der Waals surface area contributed by atoms with Crippen LogP contribution in [0.3, 0.4) is 0 Å². The summed E-state index contributed by atoms with van der Waals surface area (Å²) in [6, 6.07) is 13.0. The van der Waals surface area contributed by atoms with Gasteiger partial charge in [-0.15, -0.1) is 0 Å². The zero-order valence-electron chi connectivity index (χ0n) is 16.5. The van der Waals surface area contributed by atoms with E-state index in [2.05, 4.69) is 20.1 Å². The van der Waals surface area contributed by atoms with Crippen LogP contribution in [0.4, 0.5) is 5.69 Å². The maximum absolute atomic E-state index is 12.8. The van der Waals surface area contributed by atoms with E-state index >= 15 is 0 Å². The van der Waals surface area contributed by atoms with E-state index in [0.717, 1.165) is 0 Å². The van der Waals surface area contributed by atoms with Gasteiger partial charge in [-0.1, -0.05) is 24.3 Å². The van der Waals surface area contributed by atoms with E-state index in [1.54, 1.807) is 11.6 Å². The van der Waals surface area contributed by atoms with E-state index in [9.17, 15) is 24.8 Å². The number of aromatic nitrogens is 5. The second-order valence-corrected chi connectivity index (χ2v) is 7.11. The first-order valence-electron chi connectivity index (χ1n) is 9.44. The lowest BCUT2D eigenvalue weighted by molar-refractivity contribution is -0.385. The zero-order chi connectivity index (χ0) is 22.6. The molecule has 0 aliphatic rings. The van der Waals surface area contributed by atoms with Crippen molar-refractivity contribution in [1.29, 1.82) is 0 Å². The third-order valence-corrected chi connectivity index (χ3v) is 5.14. The van der Waals surface area contributed by atoms with Gasteiger partial charge in [-0.05, 0) is 30.7 Å². The molecule has 158 valence electrons. The first kappa shape index (κ1) is 19.2. The maximum Gasteiger partial charge on any atom is 0.327 e. The highest BCUT2D eigenvalue weighted by atomic mass is 16.6. The van der Waals surface area contributed by atoms with Gasteiger partial charge in [0, 0.05) is 11.6 Å². The summed E-state index contributed by atoms with van der Waals surface area (Å²) in [6.07, 6.45) is 0. The molecule has 3 heterocycles. The predicted molar refractivity (Wildman–Crippen MR) is 116 cm³/mol. The fourth-order valence-electron chi connectivity index (χ4n) is 3.80. The van der Waals surface area contributed by atoms with E-state index < -0.39 is 27.6 Å². The standard InChI is InChI=1S/C21H14N6O5/c1-10-15-16(11-7-8-14(28)13(9-11)27(31)32)17-18(23-21(30)24-20(17)29)22-19(15)26(25-10)12-5-3-2-4-6-12/h2-9,28H,1H3,(H2,22,23,24,29,30). The minimum Gasteiger partial charge on any atom is -0.502 e. The first-order chi connectivity index (χ1) is 15.3. The molecule has 0 bridgehead atoms. The number of hydrogen-bond acceptors (Lipinski definition) is 7. The molecule has 0 saturated carbocycles. The number of phenols is 1. The topological polar surface area (TPSA) is 160 Å². The molecule has 0 unspecified atom stereocenters. The number of para-hydroxylation sites is 1. The van der Waals surface area contributed by atoms with Crippen molar-refractivity contribution in [2.75, 3.05) is 0 Å². The molecule has 0 amide bonds. The Morgan fingerprint density at radius 1 is 1.06 bits per heavy atom. The fourth-order valence-corrected chi connectivity index (χ4v) is 3.80. The van der Waals surface area contributed by atoms with Gasteiger partial charge in [0.05, 0.1) is 27.1 Å². The highest BCUT2D eigenvalue weighted by molar-refractivity contribution is 6.09. The van der Waals surface area contributed by atoms with E-state index in [1.807, 2.05) is 30.3 Å². The molecule has 2 aromatic carbocycles. The Morgan fingerprint density at radius 2 is 1.81 bits per heavy atom. The van der Waals surface area contributed by atoms with Crippen molar-refractivity contribution >= 4 is 27.8 Å². The molecular weight excluding hydrogens is 416 g/mol. The van der Waals surface area contributed by atoms with Crippen molar-refractivity contribution in [3.8, 4) is 22.6 Å². The summed E-state index contributed by atoms with van der Waals surface area (Å²) in [6.45, 7) is 1.73. The average molecular weight is 430 g/mol. The molecule has 11 nitrogen and oxygen atoms in total. The normalized spacial score (nSPS) is 11.3. The van der Waals surface area contributed by atoms with Gasteiger partial charge in [-0.3, -0.25) is 24.9 Å². The summed E-state index contributed by atoms with van der Waals surface area (Å²) in [5.74, 6) is -0.507. The number of nitrogens with one attached hydrogen (secondary N) is 2. The van der Waals surface area contributed by atoms with Crippen LogP contribution in [-0.4, -0.2) is 34.8 Å². The Hall–Kier alpha value is -4.80. The number of pyridine rings is 1. The lowest BCUT2D eigenvalue weighted by Gasteiger charge is -2.10. The molecule has 0 aliphatic heterocycles. The number of fused-ring (bicyclic) bond motifs is 2. The molecule has 3 N–H and O–H groups in total. The molecule has 0 spiro atoms. The van der Waals surface area contributed by atoms with Crippen LogP contribution in [0, 0.1) is 17.0 Å². The molecule has 0 atom stereocenters. The van der Waals surface area contributed by atoms with E-state index in [-0.39, 0.29) is 11.0 Å². The number of nitrogens with zero attached hydrogens (tertiary/aromatic N) is 4. The van der Waals surface area contributed by atoms with Gasteiger partial charge >= 0.3 is 11.4 Å². The smallest absolute Gasteiger partial charge is 0.327 e. The Bertz CT molecular complexity index is 1670. The number of aromatic amines is 2. The molecule has 0 saturated heterocycles. The number of phenolic OH excluding ortho intramolecular Hbond substituents is 1. The van der Waals surface area contributed by atoms with Crippen LogP contribution in [0.5, 0.6) is 5.75 Å². The Kier molecular flexibility index (Phi) is 4.12. The van der Waals surface area contributed by atoms with Crippen LogP contribution in [0.25, 0.3) is 38.9 Å². The summed E-state index contributed by atoms with van der Waals surface area (Å²) in [5.41, 5.74) is 0.235. The molecule has 5 rings (SSSR count). The molecule has 0 fully saturated rings. The van der Waals surface area contributed by atoms with Gasteiger partial charge < -0.3 is 5.11 Å².